The Bertz CT molecular complexity index is 564. The van der Waals surface area contributed by atoms with Gasteiger partial charge in [-0.25, -0.2) is 0 Å². The van der Waals surface area contributed by atoms with Crippen molar-refractivity contribution in [1.82, 2.24) is 5.32 Å². The average Bonchev–Trinajstić information content (AvgIpc) is 2.63. The number of hydrogen-bond donors (Lipinski definition) is 1. The number of unbranched alkanes of at least 4 members (excludes halogenated alkanes) is 9. The molecule has 1 atom stereocenters. The van der Waals surface area contributed by atoms with E-state index in [9.17, 15) is 53.1 Å². The van der Waals surface area contributed by atoms with Crippen molar-refractivity contribution in [3.05, 3.63) is 0 Å². The van der Waals surface area contributed by atoms with Gasteiger partial charge in [0, 0.05) is 6.54 Å². The molecule has 0 rings (SSSR count). The monoisotopic (exact) mass is 497 g/mol. The van der Waals surface area contributed by atoms with Gasteiger partial charge < -0.3 is 5.32 Å². The SMILES string of the molecule is CCCCCCCCCCCCNC(=O)C(F)(OC(F)(F)C(F)(F)C(F)(F)F)C(F)(F)F. The van der Waals surface area contributed by atoms with Crippen molar-refractivity contribution >= 4 is 5.91 Å². The smallest absolute Gasteiger partial charge is 0.351 e. The van der Waals surface area contributed by atoms with Crippen LogP contribution in [0.25, 0.3) is 0 Å². The molecule has 0 aromatic carbocycles. The van der Waals surface area contributed by atoms with Gasteiger partial charge in [0.1, 0.15) is 0 Å². The Kier molecular flexibility index (Phi) is 11.7. The fourth-order valence-electron chi connectivity index (χ4n) is 2.57. The van der Waals surface area contributed by atoms with E-state index in [1.165, 1.54) is 5.32 Å². The van der Waals surface area contributed by atoms with Crippen molar-refractivity contribution in [2.75, 3.05) is 6.54 Å². The van der Waals surface area contributed by atoms with Crippen LogP contribution in [0.1, 0.15) is 71.1 Å². The lowest BCUT2D eigenvalue weighted by Gasteiger charge is -2.34. The highest BCUT2D eigenvalue weighted by Crippen LogP contribution is 2.50. The predicted octanol–water partition coefficient (Wildman–Crippen LogP) is 7.06. The zero-order chi connectivity index (χ0) is 25.3. The number of ether oxygens (including phenoxy) is 1. The molecule has 0 aliphatic rings. The summed E-state index contributed by atoms with van der Waals surface area (Å²) >= 11 is 0. The first-order chi connectivity index (χ1) is 14.4. The molecule has 0 radical (unpaired) electrons. The molecule has 192 valence electrons. The van der Waals surface area contributed by atoms with Gasteiger partial charge in [-0.1, -0.05) is 64.7 Å². The maximum Gasteiger partial charge on any atom is 0.462 e. The summed E-state index contributed by atoms with van der Waals surface area (Å²) in [6, 6.07) is 0. The molecule has 0 aromatic heterocycles. The Morgan fingerprint density at radius 1 is 0.656 bits per heavy atom. The number of amides is 1. The summed E-state index contributed by atoms with van der Waals surface area (Å²) in [5.74, 6) is -16.3. The van der Waals surface area contributed by atoms with Crippen LogP contribution in [0.5, 0.6) is 0 Å². The lowest BCUT2D eigenvalue weighted by molar-refractivity contribution is -0.472. The van der Waals surface area contributed by atoms with Crippen molar-refractivity contribution in [2.24, 2.45) is 0 Å². The summed E-state index contributed by atoms with van der Waals surface area (Å²) in [6.45, 7) is 1.40. The van der Waals surface area contributed by atoms with E-state index in [1.54, 1.807) is 0 Å². The molecule has 0 spiro atoms. The summed E-state index contributed by atoms with van der Waals surface area (Å²) < 4.78 is 142. The highest BCUT2D eigenvalue weighted by Gasteiger charge is 2.79. The molecular formula is C18H26F11NO2. The van der Waals surface area contributed by atoms with Crippen molar-refractivity contribution in [2.45, 2.75) is 101 Å². The quantitative estimate of drug-likeness (QED) is 0.194. The minimum atomic E-state index is -7.20. The van der Waals surface area contributed by atoms with Crippen LogP contribution in [-0.2, 0) is 9.53 Å². The first kappa shape index (κ1) is 30.7. The van der Waals surface area contributed by atoms with Crippen LogP contribution in [0.2, 0.25) is 0 Å². The lowest BCUT2D eigenvalue weighted by atomic mass is 10.1. The molecule has 32 heavy (non-hydrogen) atoms. The van der Waals surface area contributed by atoms with Crippen LogP contribution in [0.3, 0.4) is 0 Å². The highest BCUT2D eigenvalue weighted by molar-refractivity contribution is 5.84. The van der Waals surface area contributed by atoms with E-state index in [1.807, 2.05) is 0 Å². The Morgan fingerprint density at radius 3 is 1.44 bits per heavy atom. The molecule has 1 amide bonds. The first-order valence-electron chi connectivity index (χ1n) is 10.0. The van der Waals surface area contributed by atoms with Crippen molar-refractivity contribution < 1.29 is 57.8 Å². The second-order valence-electron chi connectivity index (χ2n) is 7.22. The molecular weight excluding hydrogens is 471 g/mol. The van der Waals surface area contributed by atoms with Gasteiger partial charge in [-0.05, 0) is 6.42 Å². The van der Waals surface area contributed by atoms with Crippen LogP contribution >= 0.6 is 0 Å². The molecule has 3 nitrogen and oxygen atoms in total. The third-order valence-corrected chi connectivity index (χ3v) is 4.46. The molecule has 0 aromatic rings. The van der Waals surface area contributed by atoms with Gasteiger partial charge in [0.25, 0.3) is 5.91 Å². The Balaban J connectivity index is 4.75. The molecule has 0 heterocycles. The van der Waals surface area contributed by atoms with Crippen molar-refractivity contribution in [3.63, 3.8) is 0 Å². The summed E-state index contributed by atoms with van der Waals surface area (Å²) in [4.78, 5) is 11.4. The van der Waals surface area contributed by atoms with Gasteiger partial charge in [0.15, 0.2) is 0 Å². The molecule has 0 aliphatic heterocycles. The van der Waals surface area contributed by atoms with Crippen LogP contribution in [0.15, 0.2) is 0 Å². The van der Waals surface area contributed by atoms with E-state index in [4.69, 9.17) is 0 Å². The average molecular weight is 497 g/mol. The number of carbonyl (C=O) groups excluding carboxylic acids is 1. The summed E-state index contributed by atoms with van der Waals surface area (Å²) in [7, 11) is 0. The minimum absolute atomic E-state index is 0.00931. The van der Waals surface area contributed by atoms with Gasteiger partial charge in [-0.2, -0.15) is 48.3 Å². The zero-order valence-electron chi connectivity index (χ0n) is 17.3. The second kappa shape index (κ2) is 12.2. The molecule has 0 bridgehead atoms. The van der Waals surface area contributed by atoms with E-state index in [0.29, 0.717) is 12.8 Å². The Labute approximate surface area is 178 Å². The zero-order valence-corrected chi connectivity index (χ0v) is 17.3. The first-order valence-corrected chi connectivity index (χ1v) is 10.0. The maximum atomic E-state index is 14.0. The largest absolute Gasteiger partial charge is 0.462 e. The molecule has 0 fully saturated rings. The number of hydrogen-bond acceptors (Lipinski definition) is 2. The van der Waals surface area contributed by atoms with Crippen molar-refractivity contribution in [1.29, 1.82) is 0 Å². The molecule has 1 unspecified atom stereocenters. The van der Waals surface area contributed by atoms with E-state index in [2.05, 4.69) is 11.7 Å². The maximum absolute atomic E-state index is 14.0. The van der Waals surface area contributed by atoms with E-state index in [-0.39, 0.29) is 6.42 Å². The van der Waals surface area contributed by atoms with Crippen LogP contribution in [-0.4, -0.2) is 42.7 Å². The van der Waals surface area contributed by atoms with E-state index >= 15 is 0 Å². The molecule has 0 saturated carbocycles. The fraction of sp³-hybridized carbons (Fsp3) is 0.944. The van der Waals surface area contributed by atoms with Crippen LogP contribution < -0.4 is 5.32 Å². The molecule has 0 aliphatic carbocycles. The predicted molar refractivity (Wildman–Crippen MR) is 91.8 cm³/mol. The third kappa shape index (κ3) is 8.54. The molecule has 1 N–H and O–H groups in total. The fourth-order valence-corrected chi connectivity index (χ4v) is 2.57. The van der Waals surface area contributed by atoms with E-state index in [0.717, 1.165) is 44.9 Å². The van der Waals surface area contributed by atoms with Gasteiger partial charge in [-0.15, -0.1) is 0 Å². The normalized spacial score (nSPS) is 15.5. The highest BCUT2D eigenvalue weighted by atomic mass is 19.4. The Hall–Kier alpha value is -1.34. The minimum Gasteiger partial charge on any atom is -0.351 e. The van der Waals surface area contributed by atoms with Crippen LogP contribution in [0.4, 0.5) is 48.3 Å². The summed E-state index contributed by atoms with van der Waals surface area (Å²) in [5, 5.41) is 1.25. The van der Waals surface area contributed by atoms with Gasteiger partial charge in [0.05, 0.1) is 0 Å². The summed E-state index contributed by atoms with van der Waals surface area (Å²) in [5.41, 5.74) is 0. The number of nitrogens with one attached hydrogen (secondary N) is 1. The number of halogens is 11. The molecule has 14 heteroatoms. The standard InChI is InChI=1S/C18H26F11NO2/c1-2-3-4-5-6-7-8-9-10-11-12-30-13(31)14(19,16(22,23)24)32-18(28,29)15(20,21)17(25,26)27/h2-12H2,1H3,(H,30,31). The third-order valence-electron chi connectivity index (χ3n) is 4.46. The number of alkyl halides is 11. The topological polar surface area (TPSA) is 38.3 Å². The van der Waals surface area contributed by atoms with Gasteiger partial charge >= 0.3 is 30.2 Å². The number of rotatable bonds is 15. The van der Waals surface area contributed by atoms with E-state index < -0.39 is 42.7 Å². The Morgan fingerprint density at radius 2 is 1.06 bits per heavy atom. The van der Waals surface area contributed by atoms with Crippen molar-refractivity contribution in [3.8, 4) is 0 Å². The number of carbonyl (C=O) groups is 1. The van der Waals surface area contributed by atoms with Gasteiger partial charge in [-0.3, -0.25) is 9.53 Å². The van der Waals surface area contributed by atoms with Crippen LogP contribution in [0, 0.1) is 0 Å². The van der Waals surface area contributed by atoms with Gasteiger partial charge in [0.2, 0.25) is 0 Å². The second-order valence-corrected chi connectivity index (χ2v) is 7.22. The summed E-state index contributed by atoms with van der Waals surface area (Å²) in [6.07, 6.45) is -12.8. The lowest BCUT2D eigenvalue weighted by Crippen LogP contribution is -2.63. The molecule has 0 saturated heterocycles.